The molecule has 4 rings (SSSR count). The molecule has 34 heavy (non-hydrogen) atoms. The van der Waals surface area contributed by atoms with Crippen molar-refractivity contribution in [1.82, 2.24) is 9.88 Å². The predicted octanol–water partition coefficient (Wildman–Crippen LogP) is 5.36. The van der Waals surface area contributed by atoms with E-state index >= 15 is 0 Å². The van der Waals surface area contributed by atoms with Gasteiger partial charge in [0.2, 0.25) is 0 Å². The van der Waals surface area contributed by atoms with Crippen molar-refractivity contribution in [2.24, 2.45) is 5.92 Å². The number of carbonyl (C=O) groups is 2. The van der Waals surface area contributed by atoms with E-state index in [0.29, 0.717) is 29.2 Å². The first-order valence-electron chi connectivity index (χ1n) is 12.2. The van der Waals surface area contributed by atoms with Crippen LogP contribution in [0.15, 0.2) is 42.6 Å². The number of carbonyl (C=O) groups excluding carboxylic acids is 2. The van der Waals surface area contributed by atoms with E-state index in [1.807, 2.05) is 18.2 Å². The molecule has 0 aliphatic heterocycles. The van der Waals surface area contributed by atoms with Gasteiger partial charge in [0.05, 0.1) is 19.8 Å². The second kappa shape index (κ2) is 10.8. The van der Waals surface area contributed by atoms with E-state index in [1.165, 1.54) is 32.8 Å². The maximum Gasteiger partial charge on any atom is 0.337 e. The lowest BCUT2D eigenvalue weighted by atomic mass is 10.0. The van der Waals surface area contributed by atoms with Crippen LogP contribution in [-0.2, 0) is 17.7 Å². The summed E-state index contributed by atoms with van der Waals surface area (Å²) in [6.45, 7) is 3.82. The highest BCUT2D eigenvalue weighted by molar-refractivity contribution is 5.99. The van der Waals surface area contributed by atoms with E-state index in [4.69, 9.17) is 9.47 Å². The van der Waals surface area contributed by atoms with Crippen molar-refractivity contribution in [3.8, 4) is 5.75 Å². The Kier molecular flexibility index (Phi) is 7.56. The standard InChI is InChI=1S/C28H34N2O4/c1-4-13-30-18-23(14-20-9-10-22(28(32)34-3)16-26(20)33-2)24-15-21(11-12-25(24)30)27(31)29-17-19-7-5-6-8-19/h9-12,15-16,18-19H,4-8,13-14,17H2,1-3H3,(H,29,31). The van der Waals surface area contributed by atoms with Gasteiger partial charge in [-0.2, -0.15) is 0 Å². The molecule has 1 N–H and O–H groups in total. The number of amides is 1. The van der Waals surface area contributed by atoms with Gasteiger partial charge in [0, 0.05) is 42.2 Å². The van der Waals surface area contributed by atoms with Crippen LogP contribution in [-0.4, -0.2) is 37.2 Å². The molecule has 0 radical (unpaired) electrons. The molecule has 1 fully saturated rings. The van der Waals surface area contributed by atoms with E-state index in [-0.39, 0.29) is 5.91 Å². The number of aromatic nitrogens is 1. The summed E-state index contributed by atoms with van der Waals surface area (Å²) in [6.07, 6.45) is 8.77. The van der Waals surface area contributed by atoms with Crippen LogP contribution in [0, 0.1) is 5.92 Å². The molecule has 6 heteroatoms. The van der Waals surface area contributed by atoms with Crippen molar-refractivity contribution in [3.05, 3.63) is 64.8 Å². The van der Waals surface area contributed by atoms with Crippen LogP contribution in [0.25, 0.3) is 10.9 Å². The number of nitrogens with one attached hydrogen (secondary N) is 1. The number of ether oxygens (including phenoxy) is 2. The number of fused-ring (bicyclic) bond motifs is 1. The topological polar surface area (TPSA) is 69.6 Å². The van der Waals surface area contributed by atoms with Gasteiger partial charge in [-0.15, -0.1) is 0 Å². The minimum absolute atomic E-state index is 0.0111. The average Bonchev–Trinajstić information content (AvgIpc) is 3.50. The highest BCUT2D eigenvalue weighted by Gasteiger charge is 2.18. The van der Waals surface area contributed by atoms with Gasteiger partial charge in [-0.1, -0.05) is 25.8 Å². The number of nitrogens with zero attached hydrogens (tertiary/aromatic N) is 1. The molecule has 0 unspecified atom stereocenters. The Balaban J connectivity index is 1.64. The van der Waals surface area contributed by atoms with Crippen LogP contribution >= 0.6 is 0 Å². The Bertz CT molecular complexity index is 1170. The number of rotatable bonds is 9. The molecule has 0 bridgehead atoms. The minimum Gasteiger partial charge on any atom is -0.496 e. The number of hydrogen-bond donors (Lipinski definition) is 1. The summed E-state index contributed by atoms with van der Waals surface area (Å²) in [5.74, 6) is 0.847. The van der Waals surface area contributed by atoms with Crippen LogP contribution in [0.1, 0.15) is 70.9 Å². The van der Waals surface area contributed by atoms with E-state index in [0.717, 1.165) is 41.5 Å². The maximum atomic E-state index is 12.9. The Morgan fingerprint density at radius 2 is 1.79 bits per heavy atom. The third kappa shape index (κ3) is 5.11. The summed E-state index contributed by atoms with van der Waals surface area (Å²) in [5, 5.41) is 4.21. The van der Waals surface area contributed by atoms with Crippen molar-refractivity contribution >= 4 is 22.8 Å². The third-order valence-corrected chi connectivity index (χ3v) is 6.81. The monoisotopic (exact) mass is 462 g/mol. The van der Waals surface area contributed by atoms with Gasteiger partial charge < -0.3 is 19.4 Å². The average molecular weight is 463 g/mol. The van der Waals surface area contributed by atoms with Gasteiger partial charge >= 0.3 is 5.97 Å². The number of methoxy groups -OCH3 is 2. The minimum atomic E-state index is -0.391. The fraction of sp³-hybridized carbons (Fsp3) is 0.429. The lowest BCUT2D eigenvalue weighted by Crippen LogP contribution is -2.28. The van der Waals surface area contributed by atoms with Crippen molar-refractivity contribution in [3.63, 3.8) is 0 Å². The predicted molar refractivity (Wildman–Crippen MR) is 134 cm³/mol. The molecule has 1 heterocycles. The van der Waals surface area contributed by atoms with Gasteiger partial charge in [0.25, 0.3) is 5.91 Å². The number of hydrogen-bond acceptors (Lipinski definition) is 4. The highest BCUT2D eigenvalue weighted by atomic mass is 16.5. The second-order valence-corrected chi connectivity index (χ2v) is 9.14. The number of aryl methyl sites for hydroxylation is 1. The lowest BCUT2D eigenvalue weighted by Gasteiger charge is -2.11. The molecule has 0 atom stereocenters. The lowest BCUT2D eigenvalue weighted by molar-refractivity contribution is 0.0600. The van der Waals surface area contributed by atoms with Gasteiger partial charge in [0.1, 0.15) is 5.75 Å². The van der Waals surface area contributed by atoms with Gasteiger partial charge in [-0.3, -0.25) is 4.79 Å². The number of benzene rings is 2. The molecular weight excluding hydrogens is 428 g/mol. The number of esters is 1. The molecule has 6 nitrogen and oxygen atoms in total. The summed E-state index contributed by atoms with van der Waals surface area (Å²) in [7, 11) is 2.97. The molecule has 1 aromatic heterocycles. The summed E-state index contributed by atoms with van der Waals surface area (Å²) in [6, 6.07) is 11.4. The molecule has 3 aromatic rings. The van der Waals surface area contributed by atoms with E-state index < -0.39 is 5.97 Å². The summed E-state index contributed by atoms with van der Waals surface area (Å²) in [4.78, 5) is 24.8. The Morgan fingerprint density at radius 1 is 1.03 bits per heavy atom. The van der Waals surface area contributed by atoms with Crippen LogP contribution in [0.4, 0.5) is 0 Å². The molecule has 1 amide bonds. The molecule has 1 aliphatic carbocycles. The van der Waals surface area contributed by atoms with Crippen molar-refractivity contribution in [2.45, 2.75) is 52.0 Å². The zero-order chi connectivity index (χ0) is 24.1. The van der Waals surface area contributed by atoms with Crippen molar-refractivity contribution in [1.29, 1.82) is 0 Å². The Labute approximate surface area is 201 Å². The molecule has 0 spiro atoms. The van der Waals surface area contributed by atoms with Crippen LogP contribution in [0.5, 0.6) is 5.75 Å². The zero-order valence-corrected chi connectivity index (χ0v) is 20.4. The smallest absolute Gasteiger partial charge is 0.337 e. The largest absolute Gasteiger partial charge is 0.496 e. The highest BCUT2D eigenvalue weighted by Crippen LogP contribution is 2.30. The second-order valence-electron chi connectivity index (χ2n) is 9.14. The molecule has 180 valence electrons. The van der Waals surface area contributed by atoms with Gasteiger partial charge in [-0.25, -0.2) is 4.79 Å². The Morgan fingerprint density at radius 3 is 2.50 bits per heavy atom. The first-order chi connectivity index (χ1) is 16.5. The quantitative estimate of drug-likeness (QED) is 0.435. The first kappa shape index (κ1) is 23.9. The van der Waals surface area contributed by atoms with E-state index in [9.17, 15) is 9.59 Å². The van der Waals surface area contributed by atoms with Crippen LogP contribution in [0.2, 0.25) is 0 Å². The summed E-state index contributed by atoms with van der Waals surface area (Å²) < 4.78 is 12.7. The van der Waals surface area contributed by atoms with Crippen LogP contribution < -0.4 is 10.1 Å². The third-order valence-electron chi connectivity index (χ3n) is 6.81. The fourth-order valence-corrected chi connectivity index (χ4v) is 4.97. The Hall–Kier alpha value is -3.28. The molecule has 0 saturated heterocycles. The normalized spacial score (nSPS) is 13.9. The maximum absolute atomic E-state index is 12.9. The SMILES string of the molecule is CCCn1cc(Cc2ccc(C(=O)OC)cc2OC)c2cc(C(=O)NCC3CCCC3)ccc21. The zero-order valence-electron chi connectivity index (χ0n) is 20.4. The van der Waals surface area contributed by atoms with Crippen molar-refractivity contribution < 1.29 is 19.1 Å². The van der Waals surface area contributed by atoms with Crippen molar-refractivity contribution in [2.75, 3.05) is 20.8 Å². The van der Waals surface area contributed by atoms with E-state index in [2.05, 4.69) is 29.1 Å². The van der Waals surface area contributed by atoms with Gasteiger partial charge in [-0.05, 0) is 66.6 Å². The van der Waals surface area contributed by atoms with Gasteiger partial charge in [0.15, 0.2) is 0 Å². The van der Waals surface area contributed by atoms with E-state index in [1.54, 1.807) is 19.2 Å². The molecule has 2 aromatic carbocycles. The fourth-order valence-electron chi connectivity index (χ4n) is 4.97. The molecule has 1 aliphatic rings. The van der Waals surface area contributed by atoms with Crippen LogP contribution in [0.3, 0.4) is 0 Å². The summed E-state index contributed by atoms with van der Waals surface area (Å²) in [5.41, 5.74) is 4.36. The first-order valence-corrected chi connectivity index (χ1v) is 12.2. The summed E-state index contributed by atoms with van der Waals surface area (Å²) >= 11 is 0. The molecule has 1 saturated carbocycles. The molecular formula is C28H34N2O4.